The van der Waals surface area contributed by atoms with E-state index in [0.717, 1.165) is 15.4 Å². The predicted octanol–water partition coefficient (Wildman–Crippen LogP) is 3.11. The molecule has 0 saturated carbocycles. The molecular formula is C27H37N3O6S. The SMILES string of the molecule is CCS(=O)(=O)N(CC(=O)N(Cc1ccc(C)cc1)C(C)C(=O)NCC(C)C)c1ccc2c(c1)OCCO2. The van der Waals surface area contributed by atoms with E-state index in [1.54, 1.807) is 25.1 Å². The smallest absolute Gasteiger partial charge is 0.244 e. The zero-order valence-electron chi connectivity index (χ0n) is 22.2. The van der Waals surface area contributed by atoms with Crippen LogP contribution in [0.15, 0.2) is 42.5 Å². The van der Waals surface area contributed by atoms with E-state index in [2.05, 4.69) is 5.32 Å². The van der Waals surface area contributed by atoms with Gasteiger partial charge in [0, 0.05) is 19.2 Å². The molecule has 1 unspecified atom stereocenters. The first-order chi connectivity index (χ1) is 17.5. The first-order valence-electron chi connectivity index (χ1n) is 12.5. The summed E-state index contributed by atoms with van der Waals surface area (Å²) >= 11 is 0. The van der Waals surface area contributed by atoms with Crippen LogP contribution in [0.1, 0.15) is 38.8 Å². The van der Waals surface area contributed by atoms with Gasteiger partial charge in [-0.05, 0) is 44.4 Å². The van der Waals surface area contributed by atoms with E-state index in [-0.39, 0.29) is 24.1 Å². The Kier molecular flexibility index (Phi) is 9.42. The van der Waals surface area contributed by atoms with Crippen LogP contribution in [0.25, 0.3) is 0 Å². The van der Waals surface area contributed by atoms with Crippen molar-refractivity contribution < 1.29 is 27.5 Å². The number of hydrogen-bond donors (Lipinski definition) is 1. The molecule has 9 nitrogen and oxygen atoms in total. The predicted molar refractivity (Wildman–Crippen MR) is 143 cm³/mol. The summed E-state index contributed by atoms with van der Waals surface area (Å²) in [4.78, 5) is 28.1. The number of carbonyl (C=O) groups excluding carboxylic acids is 2. The molecule has 1 N–H and O–H groups in total. The average Bonchev–Trinajstić information content (AvgIpc) is 2.89. The van der Waals surface area contributed by atoms with Crippen molar-refractivity contribution in [2.45, 2.75) is 47.2 Å². The number of fused-ring (bicyclic) bond motifs is 1. The lowest BCUT2D eigenvalue weighted by molar-refractivity contribution is -0.139. The first-order valence-corrected chi connectivity index (χ1v) is 14.2. The number of carbonyl (C=O) groups is 2. The minimum absolute atomic E-state index is 0.163. The van der Waals surface area contributed by atoms with Gasteiger partial charge in [-0.15, -0.1) is 0 Å². The molecule has 37 heavy (non-hydrogen) atoms. The first kappa shape index (κ1) is 28.3. The maximum atomic E-state index is 13.7. The van der Waals surface area contributed by atoms with Crippen LogP contribution >= 0.6 is 0 Å². The molecule has 0 saturated heterocycles. The highest BCUT2D eigenvalue weighted by Crippen LogP contribution is 2.35. The normalized spacial score (nSPS) is 13.7. The average molecular weight is 532 g/mol. The zero-order chi connectivity index (χ0) is 27.2. The molecule has 10 heteroatoms. The topological polar surface area (TPSA) is 105 Å². The molecule has 0 radical (unpaired) electrons. The van der Waals surface area contributed by atoms with Gasteiger partial charge in [0.15, 0.2) is 11.5 Å². The summed E-state index contributed by atoms with van der Waals surface area (Å²) in [5.74, 6) is 0.213. The molecule has 1 heterocycles. The van der Waals surface area contributed by atoms with Crippen LogP contribution in [0.5, 0.6) is 11.5 Å². The van der Waals surface area contributed by atoms with E-state index in [9.17, 15) is 18.0 Å². The van der Waals surface area contributed by atoms with E-state index >= 15 is 0 Å². The second-order valence-corrected chi connectivity index (χ2v) is 11.7. The van der Waals surface area contributed by atoms with Crippen molar-refractivity contribution in [2.75, 3.05) is 36.4 Å². The number of hydrogen-bond acceptors (Lipinski definition) is 6. The van der Waals surface area contributed by atoms with E-state index in [0.29, 0.717) is 36.9 Å². The van der Waals surface area contributed by atoms with Crippen LogP contribution < -0.4 is 19.1 Å². The Balaban J connectivity index is 1.92. The fourth-order valence-electron chi connectivity index (χ4n) is 3.83. The quantitative estimate of drug-likeness (QED) is 0.478. The largest absolute Gasteiger partial charge is 0.486 e. The summed E-state index contributed by atoms with van der Waals surface area (Å²) in [7, 11) is -3.83. The highest BCUT2D eigenvalue weighted by atomic mass is 32.2. The molecule has 0 bridgehead atoms. The van der Waals surface area contributed by atoms with Gasteiger partial charge in [-0.3, -0.25) is 13.9 Å². The molecule has 0 spiro atoms. The number of benzene rings is 2. The number of ether oxygens (including phenoxy) is 2. The number of sulfonamides is 1. The highest BCUT2D eigenvalue weighted by molar-refractivity contribution is 7.92. The lowest BCUT2D eigenvalue weighted by Gasteiger charge is -2.32. The molecule has 202 valence electrons. The van der Waals surface area contributed by atoms with Crippen molar-refractivity contribution in [1.29, 1.82) is 0 Å². The molecule has 0 aliphatic carbocycles. The maximum absolute atomic E-state index is 13.7. The fourth-order valence-corrected chi connectivity index (χ4v) is 4.89. The van der Waals surface area contributed by atoms with Crippen molar-refractivity contribution in [3.63, 3.8) is 0 Å². The fraction of sp³-hybridized carbons (Fsp3) is 0.481. The summed E-state index contributed by atoms with van der Waals surface area (Å²) in [6, 6.07) is 11.7. The number of anilines is 1. The Morgan fingerprint density at radius 1 is 1.00 bits per heavy atom. The van der Waals surface area contributed by atoms with Gasteiger partial charge in [0.2, 0.25) is 21.8 Å². The van der Waals surface area contributed by atoms with Gasteiger partial charge in [-0.2, -0.15) is 0 Å². The standard InChI is InChI=1S/C27H37N3O6S/c1-6-37(33,34)30(23-11-12-24-25(15-23)36-14-13-35-24)18-26(31)29(17-22-9-7-20(4)8-10-22)21(5)27(32)28-16-19(2)3/h7-12,15,19,21H,6,13-14,16-18H2,1-5H3,(H,28,32). The van der Waals surface area contributed by atoms with Crippen LogP contribution in [0.2, 0.25) is 0 Å². The molecule has 2 aromatic rings. The van der Waals surface area contributed by atoms with Crippen molar-refractivity contribution in [1.82, 2.24) is 10.2 Å². The minimum Gasteiger partial charge on any atom is -0.486 e. The maximum Gasteiger partial charge on any atom is 0.244 e. The van der Waals surface area contributed by atoms with Crippen LogP contribution in [-0.2, 0) is 26.2 Å². The molecule has 1 atom stereocenters. The zero-order valence-corrected chi connectivity index (χ0v) is 23.0. The minimum atomic E-state index is -3.83. The van der Waals surface area contributed by atoms with Crippen LogP contribution in [0.3, 0.4) is 0 Å². The Bertz CT molecular complexity index is 1200. The van der Waals surface area contributed by atoms with Gasteiger partial charge in [0.05, 0.1) is 11.4 Å². The Morgan fingerprint density at radius 3 is 2.27 bits per heavy atom. The molecule has 1 aliphatic rings. The highest BCUT2D eigenvalue weighted by Gasteiger charge is 2.31. The van der Waals surface area contributed by atoms with E-state index in [1.165, 1.54) is 11.8 Å². The Morgan fingerprint density at radius 2 is 1.65 bits per heavy atom. The molecule has 0 aromatic heterocycles. The summed E-state index contributed by atoms with van der Waals surface area (Å²) in [6.07, 6.45) is 0. The van der Waals surface area contributed by atoms with Crippen molar-refractivity contribution >= 4 is 27.5 Å². The van der Waals surface area contributed by atoms with Gasteiger partial charge in [-0.1, -0.05) is 43.7 Å². The summed E-state index contributed by atoms with van der Waals surface area (Å²) in [5, 5.41) is 2.88. The van der Waals surface area contributed by atoms with E-state index in [1.807, 2.05) is 45.0 Å². The lowest BCUT2D eigenvalue weighted by atomic mass is 10.1. The molecular weight excluding hydrogens is 494 g/mol. The number of aryl methyl sites for hydroxylation is 1. The Labute approximate surface area is 219 Å². The summed E-state index contributed by atoms with van der Waals surface area (Å²) in [5.41, 5.74) is 2.21. The third-order valence-corrected chi connectivity index (χ3v) is 7.86. The van der Waals surface area contributed by atoms with Crippen molar-refractivity contribution in [3.8, 4) is 11.5 Å². The molecule has 1 aliphatic heterocycles. The monoisotopic (exact) mass is 531 g/mol. The molecule has 2 aromatic carbocycles. The Hall–Kier alpha value is -3.27. The van der Waals surface area contributed by atoms with Crippen LogP contribution in [-0.4, -0.2) is 63.2 Å². The third kappa shape index (κ3) is 7.38. The van der Waals surface area contributed by atoms with E-state index < -0.39 is 28.5 Å². The molecule has 2 amide bonds. The number of amides is 2. The molecule has 3 rings (SSSR count). The van der Waals surface area contributed by atoms with Gasteiger partial charge in [-0.25, -0.2) is 8.42 Å². The number of rotatable bonds is 11. The van der Waals surface area contributed by atoms with Gasteiger partial charge in [0.25, 0.3) is 0 Å². The second-order valence-electron chi connectivity index (χ2n) is 9.56. The van der Waals surface area contributed by atoms with Crippen molar-refractivity contribution in [2.24, 2.45) is 5.92 Å². The van der Waals surface area contributed by atoms with Gasteiger partial charge >= 0.3 is 0 Å². The van der Waals surface area contributed by atoms with Crippen LogP contribution in [0, 0.1) is 12.8 Å². The van der Waals surface area contributed by atoms with Gasteiger partial charge in [0.1, 0.15) is 25.8 Å². The second kappa shape index (κ2) is 12.3. The molecule has 0 fully saturated rings. The van der Waals surface area contributed by atoms with E-state index in [4.69, 9.17) is 9.47 Å². The van der Waals surface area contributed by atoms with Gasteiger partial charge < -0.3 is 19.7 Å². The summed E-state index contributed by atoms with van der Waals surface area (Å²) < 4.78 is 38.5. The number of nitrogens with zero attached hydrogens (tertiary/aromatic N) is 2. The summed E-state index contributed by atoms with van der Waals surface area (Å²) in [6.45, 7) is 10.1. The third-order valence-electron chi connectivity index (χ3n) is 6.12. The van der Waals surface area contributed by atoms with Crippen LogP contribution in [0.4, 0.5) is 5.69 Å². The van der Waals surface area contributed by atoms with Crippen molar-refractivity contribution in [3.05, 3.63) is 53.6 Å². The number of nitrogens with one attached hydrogen (secondary N) is 1. The lowest BCUT2D eigenvalue weighted by Crippen LogP contribution is -2.51.